The smallest absolute Gasteiger partial charge is 0.379 e. The maximum Gasteiger partial charge on any atom is 0.417 e. The normalized spacial score (nSPS) is 11.7. The molecule has 1 N–H and O–H groups in total. The Bertz CT molecular complexity index is 1000. The van der Waals surface area contributed by atoms with E-state index < -0.39 is 11.7 Å². The fourth-order valence-corrected chi connectivity index (χ4v) is 3.07. The lowest BCUT2D eigenvalue weighted by molar-refractivity contribution is -0.138. The Kier molecular flexibility index (Phi) is 4.88. The monoisotopic (exact) mass is 475 g/mol. The molecule has 0 spiro atoms. The molecule has 0 saturated carbocycles. The zero-order valence-electron chi connectivity index (χ0n) is 12.4. The predicted molar refractivity (Wildman–Crippen MR) is 95.6 cm³/mol. The highest BCUT2D eigenvalue weighted by Gasteiger charge is 2.33. The average Bonchev–Trinajstić information content (AvgIpc) is 2.54. The second-order valence-corrected chi connectivity index (χ2v) is 6.98. The Morgan fingerprint density at radius 2 is 1.88 bits per heavy atom. The molecule has 4 nitrogen and oxygen atoms in total. The third kappa shape index (κ3) is 4.04. The van der Waals surface area contributed by atoms with Crippen molar-refractivity contribution in [3.63, 3.8) is 0 Å². The van der Waals surface area contributed by atoms with Crippen molar-refractivity contribution in [2.75, 3.05) is 5.32 Å². The largest absolute Gasteiger partial charge is 0.417 e. The lowest BCUT2D eigenvalue weighted by atomic mass is 10.2. The second kappa shape index (κ2) is 6.80. The number of aromatic nitrogens is 2. The number of pyridine rings is 1. The molecule has 2 aromatic heterocycles. The molecule has 0 bridgehead atoms. The summed E-state index contributed by atoms with van der Waals surface area (Å²) < 4.78 is 40.9. The first-order chi connectivity index (χ1) is 11.7. The van der Waals surface area contributed by atoms with Crippen molar-refractivity contribution < 1.29 is 13.2 Å². The summed E-state index contributed by atoms with van der Waals surface area (Å²) in [5, 5.41) is 2.86. The first kappa shape index (κ1) is 17.9. The van der Waals surface area contributed by atoms with Gasteiger partial charge >= 0.3 is 6.18 Å². The fourth-order valence-electron chi connectivity index (χ4n) is 2.26. The van der Waals surface area contributed by atoms with Crippen LogP contribution in [0.2, 0.25) is 0 Å². The van der Waals surface area contributed by atoms with Gasteiger partial charge in [0.15, 0.2) is 0 Å². The van der Waals surface area contributed by atoms with Crippen LogP contribution in [0.3, 0.4) is 0 Å². The first-order valence-corrected chi connectivity index (χ1v) is 8.61. The summed E-state index contributed by atoms with van der Waals surface area (Å²) in [6.45, 7) is 0.126. The molecule has 0 unspecified atom stereocenters. The van der Waals surface area contributed by atoms with Gasteiger partial charge in [-0.05, 0) is 46.3 Å². The number of halogens is 5. The van der Waals surface area contributed by atoms with Gasteiger partial charge in [-0.1, -0.05) is 15.9 Å². The summed E-state index contributed by atoms with van der Waals surface area (Å²) in [5.41, 5.74) is 0.139. The zero-order valence-corrected chi connectivity index (χ0v) is 15.6. The van der Waals surface area contributed by atoms with E-state index in [2.05, 4.69) is 42.2 Å². The summed E-state index contributed by atoms with van der Waals surface area (Å²) in [7, 11) is 0. The van der Waals surface area contributed by atoms with Crippen molar-refractivity contribution in [3.8, 4) is 0 Å². The first-order valence-electron chi connectivity index (χ1n) is 7.02. The third-order valence-electron chi connectivity index (χ3n) is 3.42. The molecule has 3 rings (SSSR count). The highest BCUT2D eigenvalue weighted by atomic mass is 79.9. The Labute approximate surface area is 157 Å². The van der Waals surface area contributed by atoms with Crippen molar-refractivity contribution in [2.45, 2.75) is 12.7 Å². The number of rotatable bonds is 3. The molecule has 1 aromatic carbocycles. The zero-order chi connectivity index (χ0) is 18.2. The van der Waals surface area contributed by atoms with E-state index in [1.54, 1.807) is 18.3 Å². The van der Waals surface area contributed by atoms with E-state index in [0.717, 1.165) is 10.5 Å². The molecule has 0 aliphatic rings. The van der Waals surface area contributed by atoms with Gasteiger partial charge in [-0.3, -0.25) is 9.20 Å². The van der Waals surface area contributed by atoms with E-state index in [0.29, 0.717) is 11.3 Å². The van der Waals surface area contributed by atoms with Gasteiger partial charge in [0.05, 0.1) is 17.8 Å². The van der Waals surface area contributed by atoms with Crippen LogP contribution in [0.1, 0.15) is 11.3 Å². The Morgan fingerprint density at radius 1 is 1.12 bits per heavy atom. The van der Waals surface area contributed by atoms with E-state index in [1.807, 2.05) is 0 Å². The Hall–Kier alpha value is -1.87. The summed E-state index contributed by atoms with van der Waals surface area (Å²) >= 11 is 6.18. The molecule has 25 heavy (non-hydrogen) atoms. The average molecular weight is 477 g/mol. The number of anilines is 1. The highest BCUT2D eigenvalue weighted by Crippen LogP contribution is 2.36. The van der Waals surface area contributed by atoms with Gasteiger partial charge in [0.25, 0.3) is 5.56 Å². The summed E-state index contributed by atoms with van der Waals surface area (Å²) in [4.78, 5) is 16.4. The molecule has 0 aliphatic heterocycles. The number of nitrogens with zero attached hydrogens (tertiary/aromatic N) is 2. The van der Waals surface area contributed by atoms with Gasteiger partial charge < -0.3 is 5.32 Å². The van der Waals surface area contributed by atoms with Crippen LogP contribution in [-0.2, 0) is 12.7 Å². The standard InChI is InChI=1S/C16H10Br2F3N3O/c17-9-1-4-14-23-11(6-15(25)24(14)8-9)7-22-10-2-3-13(18)12(5-10)16(19,20)21/h1-6,8,22H,7H2. The van der Waals surface area contributed by atoms with E-state index in [4.69, 9.17) is 0 Å². The van der Waals surface area contributed by atoms with Gasteiger partial charge in [-0.25, -0.2) is 4.98 Å². The second-order valence-electron chi connectivity index (χ2n) is 5.21. The summed E-state index contributed by atoms with van der Waals surface area (Å²) in [5.74, 6) is 0. The Balaban J connectivity index is 1.86. The lowest BCUT2D eigenvalue weighted by Gasteiger charge is -2.12. The maximum atomic E-state index is 12.9. The summed E-state index contributed by atoms with van der Waals surface area (Å²) in [6, 6.07) is 8.63. The number of alkyl halides is 3. The SMILES string of the molecule is O=c1cc(CNc2ccc(Br)c(C(F)(F)F)c2)nc2ccc(Br)cn12. The minimum atomic E-state index is -4.45. The van der Waals surface area contributed by atoms with Gasteiger partial charge in [0.2, 0.25) is 0 Å². The molecule has 130 valence electrons. The van der Waals surface area contributed by atoms with E-state index in [-0.39, 0.29) is 22.3 Å². The molecule has 0 amide bonds. The van der Waals surface area contributed by atoms with E-state index in [1.165, 1.54) is 22.6 Å². The van der Waals surface area contributed by atoms with Crippen LogP contribution in [0.5, 0.6) is 0 Å². The molecule has 2 heterocycles. The molecule has 0 aliphatic carbocycles. The van der Waals surface area contributed by atoms with Crippen molar-refractivity contribution in [2.24, 2.45) is 0 Å². The van der Waals surface area contributed by atoms with Crippen LogP contribution in [0.25, 0.3) is 5.65 Å². The van der Waals surface area contributed by atoms with E-state index >= 15 is 0 Å². The number of benzene rings is 1. The summed E-state index contributed by atoms with van der Waals surface area (Å²) in [6.07, 6.45) is -2.85. The molecule has 0 atom stereocenters. The van der Waals surface area contributed by atoms with Crippen LogP contribution >= 0.6 is 31.9 Å². The fraction of sp³-hybridized carbons (Fsp3) is 0.125. The van der Waals surface area contributed by atoms with Gasteiger partial charge in [-0.2, -0.15) is 13.2 Å². The maximum absolute atomic E-state index is 12.9. The number of nitrogens with one attached hydrogen (secondary N) is 1. The number of hydrogen-bond donors (Lipinski definition) is 1. The number of hydrogen-bond acceptors (Lipinski definition) is 3. The molecular weight excluding hydrogens is 467 g/mol. The molecule has 3 aromatic rings. The molecular formula is C16H10Br2F3N3O. The molecule has 0 fully saturated rings. The van der Waals surface area contributed by atoms with Crippen molar-refractivity contribution >= 4 is 43.2 Å². The van der Waals surface area contributed by atoms with E-state index in [9.17, 15) is 18.0 Å². The van der Waals surface area contributed by atoms with Gasteiger partial charge in [0, 0.05) is 26.9 Å². The Morgan fingerprint density at radius 3 is 2.60 bits per heavy atom. The van der Waals surface area contributed by atoms with Crippen LogP contribution < -0.4 is 10.9 Å². The molecule has 0 saturated heterocycles. The van der Waals surface area contributed by atoms with Crippen LogP contribution in [0.4, 0.5) is 18.9 Å². The molecule has 0 radical (unpaired) electrons. The van der Waals surface area contributed by atoms with Crippen molar-refractivity contribution in [1.29, 1.82) is 0 Å². The molecule has 9 heteroatoms. The van der Waals surface area contributed by atoms with Crippen LogP contribution in [0, 0.1) is 0 Å². The third-order valence-corrected chi connectivity index (χ3v) is 4.58. The predicted octanol–water partition coefficient (Wildman–Crippen LogP) is 4.85. The quantitative estimate of drug-likeness (QED) is 0.587. The van der Waals surface area contributed by atoms with Crippen LogP contribution in [0.15, 0.2) is 56.3 Å². The van der Waals surface area contributed by atoms with Crippen LogP contribution in [-0.4, -0.2) is 9.38 Å². The van der Waals surface area contributed by atoms with Gasteiger partial charge in [-0.15, -0.1) is 0 Å². The number of fused-ring (bicyclic) bond motifs is 1. The van der Waals surface area contributed by atoms with Crippen molar-refractivity contribution in [3.05, 3.63) is 73.2 Å². The minimum Gasteiger partial charge on any atom is -0.379 e. The van der Waals surface area contributed by atoms with Gasteiger partial charge in [0.1, 0.15) is 5.65 Å². The van der Waals surface area contributed by atoms with Crippen molar-refractivity contribution in [1.82, 2.24) is 9.38 Å². The topological polar surface area (TPSA) is 46.4 Å². The minimum absolute atomic E-state index is 0.0294. The lowest BCUT2D eigenvalue weighted by Crippen LogP contribution is -2.17. The highest BCUT2D eigenvalue weighted by molar-refractivity contribution is 9.10.